The van der Waals surface area contributed by atoms with E-state index in [-0.39, 0.29) is 5.41 Å². The van der Waals surface area contributed by atoms with Crippen LogP contribution >= 0.6 is 0 Å². The summed E-state index contributed by atoms with van der Waals surface area (Å²) in [6, 6.07) is 79.3. The van der Waals surface area contributed by atoms with Gasteiger partial charge < -0.3 is 4.90 Å². The van der Waals surface area contributed by atoms with E-state index in [9.17, 15) is 0 Å². The molecule has 0 N–H and O–H groups in total. The third-order valence-electron chi connectivity index (χ3n) is 13.5. The summed E-state index contributed by atoms with van der Waals surface area (Å²) in [5.74, 6) is 0. The van der Waals surface area contributed by atoms with Crippen LogP contribution in [0.5, 0.6) is 0 Å². The van der Waals surface area contributed by atoms with Crippen molar-refractivity contribution in [3.05, 3.63) is 246 Å². The fourth-order valence-electron chi connectivity index (χ4n) is 10.9. The van der Waals surface area contributed by atoms with E-state index in [1.165, 1.54) is 89.0 Å². The van der Waals surface area contributed by atoms with Gasteiger partial charge in [-0.25, -0.2) is 0 Å². The second-order valence-electron chi connectivity index (χ2n) is 16.8. The molecule has 0 saturated carbocycles. The van der Waals surface area contributed by atoms with Crippen molar-refractivity contribution in [3.8, 4) is 55.6 Å². The Kier molecular flexibility index (Phi) is 7.26. The molecular formula is C58H41N. The zero-order valence-electron chi connectivity index (χ0n) is 33.2. The van der Waals surface area contributed by atoms with Gasteiger partial charge in [0.15, 0.2) is 0 Å². The Bertz CT molecular complexity index is 3120. The van der Waals surface area contributed by atoms with Crippen LogP contribution in [-0.4, -0.2) is 0 Å². The van der Waals surface area contributed by atoms with Crippen molar-refractivity contribution in [3.63, 3.8) is 0 Å². The lowest BCUT2D eigenvalue weighted by molar-refractivity contribution is 0.660. The first-order chi connectivity index (χ1) is 29.0. The molecule has 0 saturated heterocycles. The highest BCUT2D eigenvalue weighted by Crippen LogP contribution is 2.64. The summed E-state index contributed by atoms with van der Waals surface area (Å²) < 4.78 is 0. The normalized spacial score (nSPS) is 15.8. The zero-order valence-corrected chi connectivity index (χ0v) is 33.2. The van der Waals surface area contributed by atoms with Gasteiger partial charge in [-0.3, -0.25) is 0 Å². The van der Waals surface area contributed by atoms with Gasteiger partial charge in [0.05, 0.1) is 11.1 Å². The van der Waals surface area contributed by atoms with E-state index in [0.29, 0.717) is 0 Å². The molecule has 9 aromatic rings. The summed E-state index contributed by atoms with van der Waals surface area (Å²) in [6.45, 7) is 4.75. The number of hydrogen-bond donors (Lipinski definition) is 0. The molecular weight excluding hydrogens is 711 g/mol. The van der Waals surface area contributed by atoms with Gasteiger partial charge in [-0.05, 0) is 120 Å². The van der Waals surface area contributed by atoms with Gasteiger partial charge in [0, 0.05) is 22.4 Å². The smallest absolute Gasteiger partial charge is 0.0726 e. The summed E-state index contributed by atoms with van der Waals surface area (Å²) in [7, 11) is 0. The Labute approximate surface area is 346 Å². The molecule has 12 rings (SSSR count). The minimum absolute atomic E-state index is 0.135. The van der Waals surface area contributed by atoms with E-state index in [1.807, 2.05) is 0 Å². The Morgan fingerprint density at radius 3 is 1.34 bits per heavy atom. The molecule has 59 heavy (non-hydrogen) atoms. The minimum Gasteiger partial charge on any atom is -0.310 e. The third kappa shape index (κ3) is 4.73. The molecule has 0 aliphatic heterocycles. The van der Waals surface area contributed by atoms with Crippen LogP contribution in [0.2, 0.25) is 0 Å². The highest BCUT2D eigenvalue weighted by atomic mass is 15.1. The second-order valence-corrected chi connectivity index (χ2v) is 16.8. The van der Waals surface area contributed by atoms with E-state index < -0.39 is 5.41 Å². The zero-order chi connectivity index (χ0) is 39.3. The Hall–Kier alpha value is -7.22. The lowest BCUT2D eigenvalue weighted by atomic mass is 9.70. The number of anilines is 3. The number of para-hydroxylation sites is 1. The monoisotopic (exact) mass is 751 g/mol. The quantitative estimate of drug-likeness (QED) is 0.169. The molecule has 1 spiro atoms. The molecule has 0 aromatic heterocycles. The lowest BCUT2D eigenvalue weighted by Crippen LogP contribution is -2.26. The predicted molar refractivity (Wildman–Crippen MR) is 246 cm³/mol. The van der Waals surface area contributed by atoms with Crippen molar-refractivity contribution in [2.45, 2.75) is 24.7 Å². The largest absolute Gasteiger partial charge is 0.310 e. The van der Waals surface area contributed by atoms with Crippen LogP contribution in [0.1, 0.15) is 47.2 Å². The summed E-state index contributed by atoms with van der Waals surface area (Å²) in [4.78, 5) is 2.51. The van der Waals surface area contributed by atoms with Crippen molar-refractivity contribution in [1.29, 1.82) is 0 Å². The Morgan fingerprint density at radius 2 is 0.712 bits per heavy atom. The highest BCUT2D eigenvalue weighted by Gasteiger charge is 2.52. The van der Waals surface area contributed by atoms with E-state index in [0.717, 1.165) is 17.1 Å². The first-order valence-electron chi connectivity index (χ1n) is 20.8. The molecule has 1 heteroatoms. The van der Waals surface area contributed by atoms with Crippen molar-refractivity contribution < 1.29 is 0 Å². The molecule has 1 nitrogen and oxygen atoms in total. The maximum atomic E-state index is 2.52. The lowest BCUT2D eigenvalue weighted by Gasteiger charge is -2.33. The number of hydrogen-bond acceptors (Lipinski definition) is 1. The Morgan fingerprint density at radius 1 is 0.288 bits per heavy atom. The second kappa shape index (κ2) is 12.6. The van der Waals surface area contributed by atoms with Crippen molar-refractivity contribution in [2.75, 3.05) is 4.90 Å². The van der Waals surface area contributed by atoms with Crippen LogP contribution in [0.3, 0.4) is 0 Å². The summed E-state index contributed by atoms with van der Waals surface area (Å²) in [5.41, 5.74) is 23.6. The van der Waals surface area contributed by atoms with Crippen LogP contribution in [0, 0.1) is 0 Å². The topological polar surface area (TPSA) is 3.24 Å². The van der Waals surface area contributed by atoms with Crippen molar-refractivity contribution in [2.24, 2.45) is 0 Å². The standard InChI is InChI=1S/C58H41N/c1-57(2)50-25-13-9-22-44(50)47-33-30-41(36-53(47)57)59(56-28-16-12-21-43(56)39-19-7-4-8-20-39)42-31-34-49-46-24-11-15-27-52(46)58(55(49)37-42)51-26-14-10-23-45(51)48-32-29-40(35-54(48)58)38-17-5-3-6-18-38/h3-37H,1-2H3. The number of rotatable bonds is 5. The van der Waals surface area contributed by atoms with Crippen LogP contribution in [0.15, 0.2) is 212 Å². The SMILES string of the molecule is CC1(C)c2ccccc2-c2ccc(N(c3ccc4c(c3)C3(c5ccccc5-c5ccc(-c6ccccc6)cc53)c3ccccc3-4)c3ccccc3-c3ccccc3)cc21. The van der Waals surface area contributed by atoms with E-state index in [2.05, 4.69) is 231 Å². The first-order valence-corrected chi connectivity index (χ1v) is 20.8. The molecule has 0 radical (unpaired) electrons. The van der Waals surface area contributed by atoms with Crippen LogP contribution in [0.4, 0.5) is 17.1 Å². The van der Waals surface area contributed by atoms with Crippen molar-refractivity contribution >= 4 is 17.1 Å². The van der Waals surface area contributed by atoms with Gasteiger partial charge >= 0.3 is 0 Å². The summed E-state index contributed by atoms with van der Waals surface area (Å²) >= 11 is 0. The first kappa shape index (κ1) is 33.9. The van der Waals surface area contributed by atoms with Crippen LogP contribution in [0.25, 0.3) is 55.6 Å². The molecule has 9 aromatic carbocycles. The average molecular weight is 752 g/mol. The Balaban J connectivity index is 1.14. The summed E-state index contributed by atoms with van der Waals surface area (Å²) in [6.07, 6.45) is 0. The molecule has 0 fully saturated rings. The van der Waals surface area contributed by atoms with Gasteiger partial charge in [0.1, 0.15) is 0 Å². The molecule has 3 aliphatic rings. The molecule has 0 bridgehead atoms. The van der Waals surface area contributed by atoms with Gasteiger partial charge in [0.2, 0.25) is 0 Å². The number of fused-ring (bicyclic) bond motifs is 13. The maximum absolute atomic E-state index is 2.52. The van der Waals surface area contributed by atoms with Gasteiger partial charge in [-0.1, -0.05) is 190 Å². The molecule has 1 atom stereocenters. The number of benzene rings is 9. The minimum atomic E-state index is -0.495. The third-order valence-corrected chi connectivity index (χ3v) is 13.5. The van der Waals surface area contributed by atoms with Gasteiger partial charge in [-0.15, -0.1) is 0 Å². The van der Waals surface area contributed by atoms with E-state index in [4.69, 9.17) is 0 Å². The van der Waals surface area contributed by atoms with E-state index >= 15 is 0 Å². The fourth-order valence-corrected chi connectivity index (χ4v) is 10.9. The van der Waals surface area contributed by atoms with Crippen LogP contribution in [-0.2, 0) is 10.8 Å². The summed E-state index contributed by atoms with van der Waals surface area (Å²) in [5, 5.41) is 0. The molecule has 3 aliphatic carbocycles. The maximum Gasteiger partial charge on any atom is 0.0726 e. The molecule has 0 heterocycles. The van der Waals surface area contributed by atoms with Gasteiger partial charge in [-0.2, -0.15) is 0 Å². The molecule has 278 valence electrons. The van der Waals surface area contributed by atoms with Crippen molar-refractivity contribution in [1.82, 2.24) is 0 Å². The highest BCUT2D eigenvalue weighted by molar-refractivity contribution is 5.98. The van der Waals surface area contributed by atoms with Gasteiger partial charge in [0.25, 0.3) is 0 Å². The fraction of sp³-hybridized carbons (Fsp3) is 0.0690. The van der Waals surface area contributed by atoms with Crippen LogP contribution < -0.4 is 4.90 Å². The predicted octanol–water partition coefficient (Wildman–Crippen LogP) is 15.1. The molecule has 1 unspecified atom stereocenters. The molecule has 0 amide bonds. The number of nitrogens with zero attached hydrogens (tertiary/aromatic N) is 1. The van der Waals surface area contributed by atoms with E-state index in [1.54, 1.807) is 0 Å². The average Bonchev–Trinajstić information content (AvgIpc) is 3.85.